The smallest absolute Gasteiger partial charge is 0.234 e. The maximum atomic E-state index is 11.7. The second-order valence-corrected chi connectivity index (χ2v) is 4.78. The monoisotopic (exact) mass is 226 g/mol. The molecule has 1 atom stereocenters. The highest BCUT2D eigenvalue weighted by Gasteiger charge is 2.17. The molecule has 0 aromatic carbocycles. The van der Waals surface area contributed by atoms with Crippen molar-refractivity contribution in [1.82, 2.24) is 10.2 Å². The Bertz CT molecular complexity index is 221. The fourth-order valence-electron chi connectivity index (χ4n) is 2.41. The van der Waals surface area contributed by atoms with Crippen LogP contribution in [0.25, 0.3) is 0 Å². The number of ether oxygens (including phenoxy) is 1. The number of nitrogens with one attached hydrogen (secondary N) is 1. The molecule has 0 saturated carbocycles. The molecule has 2 aliphatic heterocycles. The minimum atomic E-state index is 0.150. The fourth-order valence-corrected chi connectivity index (χ4v) is 2.41. The molecule has 2 fully saturated rings. The third-order valence-corrected chi connectivity index (χ3v) is 3.37. The number of hydrogen-bond donors (Lipinski definition) is 1. The molecule has 16 heavy (non-hydrogen) atoms. The topological polar surface area (TPSA) is 41.6 Å². The van der Waals surface area contributed by atoms with Gasteiger partial charge in [0, 0.05) is 13.2 Å². The van der Waals surface area contributed by atoms with Crippen molar-refractivity contribution >= 4 is 5.91 Å². The van der Waals surface area contributed by atoms with Gasteiger partial charge in [0.25, 0.3) is 0 Å². The molecule has 2 aliphatic rings. The Morgan fingerprint density at radius 2 is 2.06 bits per heavy atom. The predicted octanol–water partition coefficient (Wildman–Crippen LogP) is 0.767. The van der Waals surface area contributed by atoms with Gasteiger partial charge in [-0.3, -0.25) is 9.69 Å². The molecule has 0 aromatic rings. The molecule has 0 spiro atoms. The standard InChI is InChI=1S/C12H22N2O2/c15-12(10-14-6-2-1-3-7-14)13-9-11-5-4-8-16-11/h11H,1-10H2,(H,13,15). The molecule has 0 bridgehead atoms. The van der Waals surface area contributed by atoms with Gasteiger partial charge in [0.15, 0.2) is 0 Å². The lowest BCUT2D eigenvalue weighted by atomic mass is 10.1. The number of amides is 1. The van der Waals surface area contributed by atoms with Crippen molar-refractivity contribution in [3.05, 3.63) is 0 Å². The molecule has 1 N–H and O–H groups in total. The molecule has 0 aliphatic carbocycles. The summed E-state index contributed by atoms with van der Waals surface area (Å²) >= 11 is 0. The minimum absolute atomic E-state index is 0.150. The van der Waals surface area contributed by atoms with Gasteiger partial charge in [0.2, 0.25) is 5.91 Å². The van der Waals surface area contributed by atoms with E-state index in [1.165, 1.54) is 19.3 Å². The van der Waals surface area contributed by atoms with Crippen LogP contribution in [0.5, 0.6) is 0 Å². The largest absolute Gasteiger partial charge is 0.376 e. The molecule has 92 valence electrons. The van der Waals surface area contributed by atoms with Crippen molar-refractivity contribution in [2.24, 2.45) is 0 Å². The second kappa shape index (κ2) is 6.21. The number of carbonyl (C=O) groups is 1. The van der Waals surface area contributed by atoms with E-state index in [9.17, 15) is 4.79 Å². The van der Waals surface area contributed by atoms with Crippen LogP contribution in [0.1, 0.15) is 32.1 Å². The van der Waals surface area contributed by atoms with Crippen LogP contribution < -0.4 is 5.32 Å². The van der Waals surface area contributed by atoms with Crippen molar-refractivity contribution in [3.63, 3.8) is 0 Å². The van der Waals surface area contributed by atoms with E-state index in [1.54, 1.807) is 0 Å². The number of likely N-dealkylation sites (tertiary alicyclic amines) is 1. The summed E-state index contributed by atoms with van der Waals surface area (Å²) in [5.74, 6) is 0.150. The van der Waals surface area contributed by atoms with Gasteiger partial charge in [0.1, 0.15) is 0 Å². The van der Waals surface area contributed by atoms with E-state index in [1.807, 2.05) is 0 Å². The van der Waals surface area contributed by atoms with Crippen molar-refractivity contribution in [2.75, 3.05) is 32.8 Å². The third-order valence-electron chi connectivity index (χ3n) is 3.37. The molecule has 2 rings (SSSR count). The number of nitrogens with zero attached hydrogens (tertiary/aromatic N) is 1. The van der Waals surface area contributed by atoms with Crippen molar-refractivity contribution in [2.45, 2.75) is 38.2 Å². The van der Waals surface area contributed by atoms with Crippen LogP contribution in [-0.4, -0.2) is 49.7 Å². The Kier molecular flexibility index (Phi) is 4.60. The maximum Gasteiger partial charge on any atom is 0.234 e. The first-order chi connectivity index (χ1) is 7.84. The van der Waals surface area contributed by atoms with Gasteiger partial charge >= 0.3 is 0 Å². The van der Waals surface area contributed by atoms with Gasteiger partial charge in [-0.15, -0.1) is 0 Å². The average molecular weight is 226 g/mol. The van der Waals surface area contributed by atoms with E-state index < -0.39 is 0 Å². The highest BCUT2D eigenvalue weighted by molar-refractivity contribution is 5.78. The zero-order chi connectivity index (χ0) is 11.2. The van der Waals surface area contributed by atoms with Gasteiger partial charge in [-0.05, 0) is 38.8 Å². The quantitative estimate of drug-likeness (QED) is 0.770. The van der Waals surface area contributed by atoms with E-state index in [-0.39, 0.29) is 12.0 Å². The summed E-state index contributed by atoms with van der Waals surface area (Å²) < 4.78 is 5.46. The number of carbonyl (C=O) groups excluding carboxylic acids is 1. The molecule has 4 heteroatoms. The Morgan fingerprint density at radius 3 is 2.75 bits per heavy atom. The molecule has 1 amide bonds. The summed E-state index contributed by atoms with van der Waals surface area (Å²) in [6.07, 6.45) is 6.26. The van der Waals surface area contributed by atoms with E-state index in [0.717, 1.165) is 32.5 Å². The average Bonchev–Trinajstić information content (AvgIpc) is 2.81. The molecule has 4 nitrogen and oxygen atoms in total. The summed E-state index contributed by atoms with van der Waals surface area (Å²) in [6, 6.07) is 0. The van der Waals surface area contributed by atoms with E-state index in [4.69, 9.17) is 4.74 Å². The van der Waals surface area contributed by atoms with Crippen LogP contribution in [0.2, 0.25) is 0 Å². The Hall–Kier alpha value is -0.610. The Labute approximate surface area is 97.3 Å². The highest BCUT2D eigenvalue weighted by atomic mass is 16.5. The van der Waals surface area contributed by atoms with Gasteiger partial charge in [-0.1, -0.05) is 6.42 Å². The second-order valence-electron chi connectivity index (χ2n) is 4.78. The Balaban J connectivity index is 1.59. The van der Waals surface area contributed by atoms with E-state index >= 15 is 0 Å². The van der Waals surface area contributed by atoms with Gasteiger partial charge < -0.3 is 10.1 Å². The maximum absolute atomic E-state index is 11.7. The van der Waals surface area contributed by atoms with Crippen LogP contribution in [0, 0.1) is 0 Å². The highest BCUT2D eigenvalue weighted by Crippen LogP contribution is 2.11. The molecule has 2 heterocycles. The lowest BCUT2D eigenvalue weighted by Crippen LogP contribution is -2.41. The zero-order valence-electron chi connectivity index (χ0n) is 9.91. The zero-order valence-corrected chi connectivity index (χ0v) is 9.91. The number of piperidine rings is 1. The van der Waals surface area contributed by atoms with Crippen molar-refractivity contribution < 1.29 is 9.53 Å². The summed E-state index contributed by atoms with van der Waals surface area (Å²) in [5.41, 5.74) is 0. The molecule has 1 unspecified atom stereocenters. The predicted molar refractivity (Wildman–Crippen MR) is 62.3 cm³/mol. The van der Waals surface area contributed by atoms with Gasteiger partial charge in [-0.2, -0.15) is 0 Å². The van der Waals surface area contributed by atoms with Crippen LogP contribution in [0.4, 0.5) is 0 Å². The molecule has 0 aromatic heterocycles. The minimum Gasteiger partial charge on any atom is -0.376 e. The van der Waals surface area contributed by atoms with Crippen LogP contribution >= 0.6 is 0 Å². The first kappa shape index (κ1) is 11.9. The van der Waals surface area contributed by atoms with E-state index in [0.29, 0.717) is 13.1 Å². The van der Waals surface area contributed by atoms with E-state index in [2.05, 4.69) is 10.2 Å². The molecule has 0 radical (unpaired) electrons. The summed E-state index contributed by atoms with van der Waals surface area (Å²) in [6.45, 7) is 4.26. The van der Waals surface area contributed by atoms with Crippen LogP contribution in [0.3, 0.4) is 0 Å². The normalized spacial score (nSPS) is 26.9. The summed E-state index contributed by atoms with van der Waals surface area (Å²) in [5, 5.41) is 2.97. The van der Waals surface area contributed by atoms with Gasteiger partial charge in [-0.25, -0.2) is 0 Å². The summed E-state index contributed by atoms with van der Waals surface area (Å²) in [4.78, 5) is 13.9. The van der Waals surface area contributed by atoms with Crippen LogP contribution in [-0.2, 0) is 9.53 Å². The lowest BCUT2D eigenvalue weighted by molar-refractivity contribution is -0.122. The van der Waals surface area contributed by atoms with Crippen LogP contribution in [0.15, 0.2) is 0 Å². The SMILES string of the molecule is O=C(CN1CCCCC1)NCC1CCCO1. The molecular formula is C12H22N2O2. The number of rotatable bonds is 4. The van der Waals surface area contributed by atoms with Gasteiger partial charge in [0.05, 0.1) is 12.6 Å². The summed E-state index contributed by atoms with van der Waals surface area (Å²) in [7, 11) is 0. The van der Waals surface area contributed by atoms with Crippen molar-refractivity contribution in [1.29, 1.82) is 0 Å². The first-order valence-electron chi connectivity index (χ1n) is 6.45. The lowest BCUT2D eigenvalue weighted by Gasteiger charge is -2.25. The molecule has 2 saturated heterocycles. The Morgan fingerprint density at radius 1 is 1.25 bits per heavy atom. The third kappa shape index (κ3) is 3.76. The van der Waals surface area contributed by atoms with Crippen molar-refractivity contribution in [3.8, 4) is 0 Å². The molecular weight excluding hydrogens is 204 g/mol. The first-order valence-corrected chi connectivity index (χ1v) is 6.45. The number of hydrogen-bond acceptors (Lipinski definition) is 3. The fraction of sp³-hybridized carbons (Fsp3) is 0.917.